The molecule has 110 valence electrons. The van der Waals surface area contributed by atoms with Crippen molar-refractivity contribution >= 4 is 40.7 Å². The van der Waals surface area contributed by atoms with Gasteiger partial charge in [0.1, 0.15) is 0 Å². The monoisotopic (exact) mass is 321 g/mol. The summed E-state index contributed by atoms with van der Waals surface area (Å²) in [6, 6.07) is 10.6. The van der Waals surface area contributed by atoms with E-state index in [0.717, 1.165) is 4.21 Å². The number of benzene rings is 1. The van der Waals surface area contributed by atoms with Crippen molar-refractivity contribution in [3.63, 3.8) is 0 Å². The molecule has 0 aliphatic rings. The summed E-state index contributed by atoms with van der Waals surface area (Å²) >= 11 is 3.11. The number of amides is 1. The van der Waals surface area contributed by atoms with Crippen molar-refractivity contribution in [2.45, 2.75) is 11.1 Å². The van der Waals surface area contributed by atoms with Gasteiger partial charge in [-0.25, -0.2) is 4.79 Å². The summed E-state index contributed by atoms with van der Waals surface area (Å²) in [7, 11) is 0. The number of carbonyl (C=O) groups is 2. The molecule has 0 saturated carbocycles. The van der Waals surface area contributed by atoms with Gasteiger partial charge in [0.05, 0.1) is 22.1 Å². The average molecular weight is 321 g/mol. The molecule has 0 aliphatic carbocycles. The number of nitrogens with one attached hydrogen (secondary N) is 1. The highest BCUT2D eigenvalue weighted by Gasteiger charge is 2.07. The fraction of sp³-hybridized carbons (Fsp3) is 0.200. The Morgan fingerprint density at radius 2 is 2.00 bits per heavy atom. The van der Waals surface area contributed by atoms with Crippen LogP contribution < -0.4 is 5.32 Å². The molecule has 0 aliphatic heterocycles. The Morgan fingerprint density at radius 3 is 2.62 bits per heavy atom. The second-order valence-electron chi connectivity index (χ2n) is 4.07. The maximum absolute atomic E-state index is 11.8. The maximum atomic E-state index is 11.8. The van der Waals surface area contributed by atoms with Crippen molar-refractivity contribution in [2.24, 2.45) is 0 Å². The largest absolute Gasteiger partial charge is 0.462 e. The standard InChI is InChI=1S/C15H15NO3S2/c1-2-19-15(18)11-5-7-12(8-6-11)16-13(17)10-21-14-4-3-9-20-14/h3-9H,2,10H2,1H3,(H,16,17). The Bertz CT molecular complexity index is 594. The third kappa shape index (κ3) is 4.91. The number of rotatable bonds is 6. The molecule has 1 aromatic carbocycles. The van der Waals surface area contributed by atoms with Gasteiger partial charge in [-0.05, 0) is 42.6 Å². The second-order valence-corrected chi connectivity index (χ2v) is 6.29. The van der Waals surface area contributed by atoms with Gasteiger partial charge in [0.15, 0.2) is 0 Å². The molecule has 0 unspecified atom stereocenters. The first-order valence-corrected chi connectivity index (χ1v) is 8.29. The summed E-state index contributed by atoms with van der Waals surface area (Å²) in [5, 5.41) is 4.78. The molecule has 0 bridgehead atoms. The van der Waals surface area contributed by atoms with Gasteiger partial charge in [-0.2, -0.15) is 0 Å². The number of carbonyl (C=O) groups excluding carboxylic acids is 2. The number of anilines is 1. The number of thioether (sulfide) groups is 1. The van der Waals surface area contributed by atoms with E-state index in [-0.39, 0.29) is 11.9 Å². The lowest BCUT2D eigenvalue weighted by atomic mass is 10.2. The quantitative estimate of drug-likeness (QED) is 0.652. The number of hydrogen-bond donors (Lipinski definition) is 1. The molecule has 0 saturated heterocycles. The van der Waals surface area contributed by atoms with Crippen LogP contribution in [-0.2, 0) is 9.53 Å². The molecule has 6 heteroatoms. The summed E-state index contributed by atoms with van der Waals surface area (Å²) in [5.74, 6) is -0.0685. The van der Waals surface area contributed by atoms with Crippen LogP contribution in [0, 0.1) is 0 Å². The Hall–Kier alpha value is -1.79. The minimum atomic E-state index is -0.358. The molecular weight excluding hydrogens is 306 g/mol. The smallest absolute Gasteiger partial charge is 0.338 e. The lowest BCUT2D eigenvalue weighted by molar-refractivity contribution is -0.113. The lowest BCUT2D eigenvalue weighted by Crippen LogP contribution is -2.14. The zero-order valence-corrected chi connectivity index (χ0v) is 13.1. The Labute approximate surface area is 131 Å². The topological polar surface area (TPSA) is 55.4 Å². The number of hydrogen-bond acceptors (Lipinski definition) is 5. The van der Waals surface area contributed by atoms with Crippen LogP contribution in [0.4, 0.5) is 5.69 Å². The van der Waals surface area contributed by atoms with Crippen LogP contribution in [0.5, 0.6) is 0 Å². The SMILES string of the molecule is CCOC(=O)c1ccc(NC(=O)CSc2cccs2)cc1. The molecule has 0 fully saturated rings. The minimum Gasteiger partial charge on any atom is -0.462 e. The molecule has 0 radical (unpaired) electrons. The van der Waals surface area contributed by atoms with E-state index in [1.54, 1.807) is 42.5 Å². The molecule has 0 atom stereocenters. The molecule has 1 amide bonds. The van der Waals surface area contributed by atoms with E-state index >= 15 is 0 Å². The first-order chi connectivity index (χ1) is 10.2. The van der Waals surface area contributed by atoms with E-state index in [2.05, 4.69) is 5.32 Å². The lowest BCUT2D eigenvalue weighted by Gasteiger charge is -2.06. The predicted molar refractivity (Wildman–Crippen MR) is 86.1 cm³/mol. The first kappa shape index (κ1) is 15.6. The average Bonchev–Trinajstić information content (AvgIpc) is 2.99. The van der Waals surface area contributed by atoms with Crippen molar-refractivity contribution in [3.8, 4) is 0 Å². The van der Waals surface area contributed by atoms with E-state index in [1.807, 2.05) is 17.5 Å². The van der Waals surface area contributed by atoms with E-state index in [1.165, 1.54) is 11.8 Å². The molecule has 1 aromatic heterocycles. The van der Waals surface area contributed by atoms with Gasteiger partial charge < -0.3 is 10.1 Å². The summed E-state index contributed by atoms with van der Waals surface area (Å²) in [4.78, 5) is 23.3. The van der Waals surface area contributed by atoms with Gasteiger partial charge in [-0.15, -0.1) is 23.1 Å². The van der Waals surface area contributed by atoms with Crippen LogP contribution in [0.15, 0.2) is 46.0 Å². The zero-order chi connectivity index (χ0) is 15.1. The third-order valence-corrected chi connectivity index (χ3v) is 4.65. The summed E-state index contributed by atoms with van der Waals surface area (Å²) in [5.41, 5.74) is 1.14. The molecule has 2 aromatic rings. The van der Waals surface area contributed by atoms with Crippen LogP contribution in [0.3, 0.4) is 0 Å². The molecule has 21 heavy (non-hydrogen) atoms. The Morgan fingerprint density at radius 1 is 1.24 bits per heavy atom. The highest BCUT2D eigenvalue weighted by molar-refractivity contribution is 8.01. The molecule has 1 heterocycles. The van der Waals surface area contributed by atoms with Gasteiger partial charge in [-0.1, -0.05) is 6.07 Å². The zero-order valence-electron chi connectivity index (χ0n) is 11.5. The summed E-state index contributed by atoms with van der Waals surface area (Å²) in [6.07, 6.45) is 0. The summed E-state index contributed by atoms with van der Waals surface area (Å²) < 4.78 is 6.01. The minimum absolute atomic E-state index is 0.0720. The summed E-state index contributed by atoms with van der Waals surface area (Å²) in [6.45, 7) is 2.11. The van der Waals surface area contributed by atoms with Crippen molar-refractivity contribution in [1.82, 2.24) is 0 Å². The number of ether oxygens (including phenoxy) is 1. The van der Waals surface area contributed by atoms with Crippen LogP contribution in [-0.4, -0.2) is 24.2 Å². The van der Waals surface area contributed by atoms with Gasteiger partial charge in [-0.3, -0.25) is 4.79 Å². The van der Waals surface area contributed by atoms with Crippen LogP contribution in [0.2, 0.25) is 0 Å². The third-order valence-electron chi connectivity index (χ3n) is 2.52. The highest BCUT2D eigenvalue weighted by atomic mass is 32.2. The predicted octanol–water partition coefficient (Wildman–Crippen LogP) is 3.66. The van der Waals surface area contributed by atoms with E-state index < -0.39 is 0 Å². The Kier molecular flexibility index (Phi) is 5.83. The van der Waals surface area contributed by atoms with E-state index in [0.29, 0.717) is 23.6 Å². The van der Waals surface area contributed by atoms with E-state index in [9.17, 15) is 9.59 Å². The molecular formula is C15H15NO3S2. The molecule has 4 nitrogen and oxygen atoms in total. The maximum Gasteiger partial charge on any atom is 0.338 e. The Balaban J connectivity index is 1.85. The van der Waals surface area contributed by atoms with Crippen molar-refractivity contribution < 1.29 is 14.3 Å². The molecule has 2 rings (SSSR count). The second kappa shape index (κ2) is 7.85. The number of thiophene rings is 1. The first-order valence-electron chi connectivity index (χ1n) is 6.42. The fourth-order valence-electron chi connectivity index (χ4n) is 1.58. The van der Waals surface area contributed by atoms with E-state index in [4.69, 9.17) is 4.74 Å². The molecule has 0 spiro atoms. The van der Waals surface area contributed by atoms with Crippen molar-refractivity contribution in [3.05, 3.63) is 47.3 Å². The van der Waals surface area contributed by atoms with Gasteiger partial charge in [0, 0.05) is 5.69 Å². The molecule has 1 N–H and O–H groups in total. The fourth-order valence-corrected chi connectivity index (χ4v) is 3.17. The highest BCUT2D eigenvalue weighted by Crippen LogP contribution is 2.23. The normalized spacial score (nSPS) is 10.1. The van der Waals surface area contributed by atoms with Crippen LogP contribution in [0.25, 0.3) is 0 Å². The van der Waals surface area contributed by atoms with Crippen LogP contribution >= 0.6 is 23.1 Å². The van der Waals surface area contributed by atoms with Crippen molar-refractivity contribution in [1.29, 1.82) is 0 Å². The van der Waals surface area contributed by atoms with Gasteiger partial charge >= 0.3 is 5.97 Å². The van der Waals surface area contributed by atoms with Crippen LogP contribution in [0.1, 0.15) is 17.3 Å². The van der Waals surface area contributed by atoms with Crippen molar-refractivity contribution in [2.75, 3.05) is 17.7 Å². The number of esters is 1. The van der Waals surface area contributed by atoms with Gasteiger partial charge in [0.25, 0.3) is 0 Å². The van der Waals surface area contributed by atoms with Gasteiger partial charge in [0.2, 0.25) is 5.91 Å².